The van der Waals surface area contributed by atoms with Gasteiger partial charge in [0.15, 0.2) is 0 Å². The number of benzene rings is 1. The molecule has 0 aliphatic rings. The minimum atomic E-state index is 0.143. The van der Waals surface area contributed by atoms with Crippen LogP contribution in [0.4, 0.5) is 5.69 Å². The number of likely N-dealkylation sites (N-methyl/N-ethyl adjacent to an activating group) is 2. The molecular weight excluding hydrogens is 246 g/mol. The van der Waals surface area contributed by atoms with Crippen LogP contribution in [0.3, 0.4) is 0 Å². The Kier molecular flexibility index (Phi) is 5.93. The first-order valence-electron chi connectivity index (χ1n) is 6.30. The zero-order chi connectivity index (χ0) is 13.7. The van der Waals surface area contributed by atoms with Crippen molar-refractivity contribution < 1.29 is 0 Å². The van der Waals surface area contributed by atoms with Gasteiger partial charge in [0, 0.05) is 26.2 Å². The van der Waals surface area contributed by atoms with Crippen LogP contribution in [0.5, 0.6) is 0 Å². The molecule has 0 saturated carbocycles. The van der Waals surface area contributed by atoms with Gasteiger partial charge in [-0.1, -0.05) is 23.7 Å². The molecule has 0 fully saturated rings. The molecule has 0 aromatic heterocycles. The Balaban J connectivity index is 2.90. The summed E-state index contributed by atoms with van der Waals surface area (Å²) < 4.78 is 0. The molecule has 0 heterocycles. The van der Waals surface area contributed by atoms with Gasteiger partial charge in [-0.3, -0.25) is 0 Å². The molecule has 0 bridgehead atoms. The summed E-state index contributed by atoms with van der Waals surface area (Å²) in [5, 5.41) is 0.800. The van der Waals surface area contributed by atoms with Gasteiger partial charge >= 0.3 is 0 Å². The standard InChI is InChI=1S/C14H24ClN3/c1-11(16)10-12-6-5-7-13(15)14(12)18(4)9-8-17(2)3/h5-7,11H,8-10,16H2,1-4H3. The Morgan fingerprint density at radius 3 is 2.44 bits per heavy atom. The first-order chi connectivity index (χ1) is 8.41. The molecule has 1 atom stereocenters. The number of anilines is 1. The normalized spacial score (nSPS) is 12.8. The van der Waals surface area contributed by atoms with Crippen LogP contribution in [-0.4, -0.2) is 45.2 Å². The maximum Gasteiger partial charge on any atom is 0.0642 e. The van der Waals surface area contributed by atoms with Gasteiger partial charge < -0.3 is 15.5 Å². The van der Waals surface area contributed by atoms with Gasteiger partial charge in [-0.25, -0.2) is 0 Å². The van der Waals surface area contributed by atoms with Crippen LogP contribution < -0.4 is 10.6 Å². The van der Waals surface area contributed by atoms with Gasteiger partial charge in [0.1, 0.15) is 0 Å². The Labute approximate surface area is 116 Å². The lowest BCUT2D eigenvalue weighted by Crippen LogP contribution is -2.30. The zero-order valence-electron chi connectivity index (χ0n) is 11.8. The average molecular weight is 270 g/mol. The second-order valence-corrected chi connectivity index (χ2v) is 5.56. The fourth-order valence-corrected chi connectivity index (χ4v) is 2.30. The van der Waals surface area contributed by atoms with Crippen molar-refractivity contribution in [2.24, 2.45) is 5.73 Å². The summed E-state index contributed by atoms with van der Waals surface area (Å²) in [7, 11) is 6.22. The quantitative estimate of drug-likeness (QED) is 0.860. The van der Waals surface area contributed by atoms with Crippen LogP contribution in [-0.2, 0) is 6.42 Å². The number of para-hydroxylation sites is 1. The molecule has 0 amide bonds. The van der Waals surface area contributed by atoms with E-state index in [1.807, 2.05) is 19.1 Å². The van der Waals surface area contributed by atoms with E-state index in [0.717, 1.165) is 30.2 Å². The minimum absolute atomic E-state index is 0.143. The number of halogens is 1. The summed E-state index contributed by atoms with van der Waals surface area (Å²) in [5.74, 6) is 0. The van der Waals surface area contributed by atoms with Crippen LogP contribution in [0.1, 0.15) is 12.5 Å². The molecule has 4 heteroatoms. The summed E-state index contributed by atoms with van der Waals surface area (Å²) in [6.45, 7) is 3.96. The molecule has 1 rings (SSSR count). The predicted octanol–water partition coefficient (Wildman–Crippen LogP) is 2.23. The minimum Gasteiger partial charge on any atom is -0.372 e. The maximum atomic E-state index is 6.33. The van der Waals surface area contributed by atoms with Crippen molar-refractivity contribution in [3.05, 3.63) is 28.8 Å². The van der Waals surface area contributed by atoms with E-state index in [-0.39, 0.29) is 6.04 Å². The van der Waals surface area contributed by atoms with Crippen molar-refractivity contribution in [1.29, 1.82) is 0 Å². The first-order valence-corrected chi connectivity index (χ1v) is 6.68. The maximum absolute atomic E-state index is 6.33. The molecule has 0 saturated heterocycles. The van der Waals surface area contributed by atoms with Crippen LogP contribution >= 0.6 is 11.6 Å². The van der Waals surface area contributed by atoms with Gasteiger partial charge in [-0.2, -0.15) is 0 Å². The highest BCUT2D eigenvalue weighted by atomic mass is 35.5. The molecule has 0 aliphatic carbocycles. The largest absolute Gasteiger partial charge is 0.372 e. The molecule has 0 spiro atoms. The predicted molar refractivity (Wildman–Crippen MR) is 80.6 cm³/mol. The van der Waals surface area contributed by atoms with Gasteiger partial charge in [0.2, 0.25) is 0 Å². The molecule has 2 N–H and O–H groups in total. The Morgan fingerprint density at radius 1 is 1.22 bits per heavy atom. The lowest BCUT2D eigenvalue weighted by Gasteiger charge is -2.25. The van der Waals surface area contributed by atoms with E-state index in [4.69, 9.17) is 17.3 Å². The third kappa shape index (κ3) is 4.48. The summed E-state index contributed by atoms with van der Waals surface area (Å²) in [6, 6.07) is 6.18. The smallest absolute Gasteiger partial charge is 0.0642 e. The van der Waals surface area contributed by atoms with E-state index in [1.165, 1.54) is 5.56 Å². The third-order valence-corrected chi connectivity index (χ3v) is 3.18. The molecule has 0 aliphatic heterocycles. The highest BCUT2D eigenvalue weighted by Crippen LogP contribution is 2.29. The summed E-state index contributed by atoms with van der Waals surface area (Å²) in [5.41, 5.74) is 8.23. The van der Waals surface area contributed by atoms with E-state index < -0.39 is 0 Å². The molecule has 1 aromatic carbocycles. The highest BCUT2D eigenvalue weighted by Gasteiger charge is 2.12. The fourth-order valence-electron chi connectivity index (χ4n) is 1.96. The van der Waals surface area contributed by atoms with Crippen LogP contribution in [0.15, 0.2) is 18.2 Å². The Bertz CT molecular complexity index is 377. The number of nitrogens with two attached hydrogens (primary N) is 1. The zero-order valence-corrected chi connectivity index (χ0v) is 12.5. The molecule has 3 nitrogen and oxygen atoms in total. The Morgan fingerprint density at radius 2 is 1.89 bits per heavy atom. The highest BCUT2D eigenvalue weighted by molar-refractivity contribution is 6.33. The van der Waals surface area contributed by atoms with Crippen LogP contribution in [0.2, 0.25) is 5.02 Å². The monoisotopic (exact) mass is 269 g/mol. The summed E-state index contributed by atoms with van der Waals surface area (Å²) in [6.07, 6.45) is 0.849. The van der Waals surface area contributed by atoms with Crippen molar-refractivity contribution in [1.82, 2.24) is 4.90 Å². The molecule has 1 aromatic rings. The van der Waals surface area contributed by atoms with Crippen LogP contribution in [0.25, 0.3) is 0 Å². The molecule has 18 heavy (non-hydrogen) atoms. The molecule has 1 unspecified atom stereocenters. The lowest BCUT2D eigenvalue weighted by molar-refractivity contribution is 0.416. The second kappa shape index (κ2) is 6.98. The van der Waals surface area contributed by atoms with Gasteiger partial charge in [-0.05, 0) is 39.1 Å². The van der Waals surface area contributed by atoms with Gasteiger partial charge in [0.05, 0.1) is 10.7 Å². The van der Waals surface area contributed by atoms with Crippen molar-refractivity contribution in [3.8, 4) is 0 Å². The first kappa shape index (κ1) is 15.3. The second-order valence-electron chi connectivity index (χ2n) is 5.15. The fraction of sp³-hybridized carbons (Fsp3) is 0.571. The SMILES string of the molecule is CC(N)Cc1cccc(Cl)c1N(C)CCN(C)C. The third-order valence-electron chi connectivity index (χ3n) is 2.88. The van der Waals surface area contributed by atoms with Crippen molar-refractivity contribution in [3.63, 3.8) is 0 Å². The van der Waals surface area contributed by atoms with Gasteiger partial charge in [0.25, 0.3) is 0 Å². The van der Waals surface area contributed by atoms with E-state index in [9.17, 15) is 0 Å². The van der Waals surface area contributed by atoms with E-state index in [2.05, 4.69) is 37.0 Å². The topological polar surface area (TPSA) is 32.5 Å². The average Bonchev–Trinajstić information content (AvgIpc) is 2.25. The van der Waals surface area contributed by atoms with Crippen molar-refractivity contribution in [2.45, 2.75) is 19.4 Å². The van der Waals surface area contributed by atoms with E-state index in [0.29, 0.717) is 0 Å². The van der Waals surface area contributed by atoms with Crippen molar-refractivity contribution >= 4 is 17.3 Å². The number of hydrogen-bond acceptors (Lipinski definition) is 3. The number of nitrogens with zero attached hydrogens (tertiary/aromatic N) is 2. The summed E-state index contributed by atoms with van der Waals surface area (Å²) in [4.78, 5) is 4.37. The molecular formula is C14H24ClN3. The number of rotatable bonds is 6. The van der Waals surface area contributed by atoms with Crippen LogP contribution in [0, 0.1) is 0 Å². The number of hydrogen-bond donors (Lipinski definition) is 1. The lowest BCUT2D eigenvalue weighted by atomic mass is 10.0. The summed E-state index contributed by atoms with van der Waals surface area (Å²) >= 11 is 6.33. The Hall–Kier alpha value is -0.770. The molecule has 0 radical (unpaired) electrons. The van der Waals surface area contributed by atoms with Gasteiger partial charge in [-0.15, -0.1) is 0 Å². The van der Waals surface area contributed by atoms with Crippen molar-refractivity contribution in [2.75, 3.05) is 39.1 Å². The molecule has 102 valence electrons. The van der Waals surface area contributed by atoms with E-state index >= 15 is 0 Å². The van der Waals surface area contributed by atoms with E-state index in [1.54, 1.807) is 0 Å².